The Morgan fingerprint density at radius 1 is 0.933 bits per heavy atom. The highest BCUT2D eigenvalue weighted by Crippen LogP contribution is 2.32. The first-order valence-corrected chi connectivity index (χ1v) is 10.8. The first-order valence-electron chi connectivity index (χ1n) is 9.16. The molecule has 0 amide bonds. The predicted molar refractivity (Wildman–Crippen MR) is 131 cm³/mol. The largest absolute Gasteiger partial charge is 0.293 e. The maximum atomic E-state index is 12.8. The van der Waals surface area contributed by atoms with Crippen molar-refractivity contribution in [2.24, 2.45) is 0 Å². The molecule has 4 aromatic rings. The molecule has 1 atom stereocenters. The monoisotopic (exact) mass is 543 g/mol. The van der Waals surface area contributed by atoms with Crippen LogP contribution in [0.15, 0.2) is 94.6 Å². The Hall–Kier alpha value is -2.22. The molecule has 7 heteroatoms. The Morgan fingerprint density at radius 3 is 2.27 bits per heavy atom. The molecule has 0 aliphatic carbocycles. The van der Waals surface area contributed by atoms with Crippen molar-refractivity contribution in [1.29, 1.82) is 0 Å². The molecule has 0 aliphatic heterocycles. The van der Waals surface area contributed by atoms with Gasteiger partial charge in [-0.2, -0.15) is 0 Å². The van der Waals surface area contributed by atoms with E-state index < -0.39 is 0 Å². The fourth-order valence-corrected chi connectivity index (χ4v) is 4.36. The van der Waals surface area contributed by atoms with Crippen molar-refractivity contribution < 1.29 is 4.79 Å². The van der Waals surface area contributed by atoms with Gasteiger partial charge in [0.05, 0.1) is 5.25 Å². The zero-order valence-corrected chi connectivity index (χ0v) is 20.2. The minimum absolute atomic E-state index is 0. The van der Waals surface area contributed by atoms with E-state index in [1.54, 1.807) is 0 Å². The van der Waals surface area contributed by atoms with Gasteiger partial charge >= 0.3 is 0 Å². The molecule has 3 aromatic carbocycles. The molecule has 0 radical (unpaired) electrons. The highest BCUT2D eigenvalue weighted by Gasteiger charge is 2.22. The zero-order valence-electron chi connectivity index (χ0n) is 16.1. The van der Waals surface area contributed by atoms with Crippen molar-refractivity contribution in [3.63, 3.8) is 0 Å². The van der Waals surface area contributed by atoms with Crippen LogP contribution in [0.25, 0.3) is 17.1 Å². The van der Waals surface area contributed by atoms with E-state index in [9.17, 15) is 4.79 Å². The van der Waals surface area contributed by atoms with Crippen LogP contribution >= 0.6 is 44.7 Å². The lowest BCUT2D eigenvalue weighted by atomic mass is 10.1. The molecule has 1 heterocycles. The third-order valence-corrected chi connectivity index (χ3v) is 5.98. The molecule has 4 rings (SSSR count). The molecular weight excluding hydrogens is 526 g/mol. The van der Waals surface area contributed by atoms with Gasteiger partial charge in [0.25, 0.3) is 0 Å². The maximum Gasteiger partial charge on any atom is 0.196 e. The fourth-order valence-electron chi connectivity index (χ4n) is 3.02. The van der Waals surface area contributed by atoms with Crippen LogP contribution in [-0.2, 0) is 0 Å². The van der Waals surface area contributed by atoms with Gasteiger partial charge in [0, 0.05) is 21.3 Å². The lowest BCUT2D eigenvalue weighted by Crippen LogP contribution is -2.14. The van der Waals surface area contributed by atoms with Gasteiger partial charge in [-0.3, -0.25) is 9.36 Å². The molecule has 0 saturated heterocycles. The quantitative estimate of drug-likeness (QED) is 0.202. The number of hydrogen-bond acceptors (Lipinski definition) is 4. The number of carbonyl (C=O) groups excluding carboxylic acids is 1. The minimum Gasteiger partial charge on any atom is -0.293 e. The molecule has 1 unspecified atom stereocenters. The van der Waals surface area contributed by atoms with Gasteiger partial charge < -0.3 is 0 Å². The molecule has 0 aliphatic rings. The highest BCUT2D eigenvalue weighted by atomic mass is 79.9. The van der Waals surface area contributed by atoms with Gasteiger partial charge in [0.1, 0.15) is 0 Å². The van der Waals surface area contributed by atoms with Crippen LogP contribution in [0.3, 0.4) is 0 Å². The fraction of sp³-hybridized carbons (Fsp3) is 0.0870. The van der Waals surface area contributed by atoms with Crippen LogP contribution in [0.2, 0.25) is 0 Å². The predicted octanol–water partition coefficient (Wildman–Crippen LogP) is 6.64. The number of rotatable bonds is 6. The zero-order chi connectivity index (χ0) is 20.2. The summed E-state index contributed by atoms with van der Waals surface area (Å²) >= 11 is 4.94. The van der Waals surface area contributed by atoms with E-state index in [4.69, 9.17) is 0 Å². The molecule has 0 saturated carbocycles. The summed E-state index contributed by atoms with van der Waals surface area (Å²) in [6.07, 6.45) is 0. The number of halogens is 2. The van der Waals surface area contributed by atoms with Crippen LogP contribution in [0.1, 0.15) is 17.3 Å². The number of nitrogens with zero attached hydrogens (tertiary/aromatic N) is 3. The summed E-state index contributed by atoms with van der Waals surface area (Å²) < 4.78 is 2.97. The van der Waals surface area contributed by atoms with E-state index in [0.717, 1.165) is 21.5 Å². The Balaban J connectivity index is 0.00000256. The maximum absolute atomic E-state index is 12.8. The first-order chi connectivity index (χ1) is 14.1. The van der Waals surface area contributed by atoms with Gasteiger partial charge in [-0.25, -0.2) is 0 Å². The Bertz CT molecular complexity index is 1130. The second kappa shape index (κ2) is 10.2. The average molecular weight is 545 g/mol. The van der Waals surface area contributed by atoms with Gasteiger partial charge in [-0.15, -0.1) is 27.2 Å². The summed E-state index contributed by atoms with van der Waals surface area (Å²) in [5.74, 6) is 0.807. The van der Waals surface area contributed by atoms with Crippen LogP contribution in [-0.4, -0.2) is 25.8 Å². The van der Waals surface area contributed by atoms with E-state index in [-0.39, 0.29) is 28.0 Å². The standard InChI is InChI=1S/C23H18BrN3OS.BrH/c1-16(21(28)17-9-4-2-5-10-17)29-23-26-25-22(18-11-8-12-19(24)15-18)27(23)20-13-6-3-7-14-20;/h2-16H,1H3;1H. The van der Waals surface area contributed by atoms with E-state index in [2.05, 4.69) is 26.1 Å². The topological polar surface area (TPSA) is 47.8 Å². The van der Waals surface area contributed by atoms with E-state index in [0.29, 0.717) is 10.7 Å². The molecule has 4 nitrogen and oxygen atoms in total. The molecule has 152 valence electrons. The third kappa shape index (κ3) is 4.91. The van der Waals surface area contributed by atoms with E-state index in [1.807, 2.05) is 96.4 Å². The third-order valence-electron chi connectivity index (χ3n) is 4.44. The summed E-state index contributed by atoms with van der Waals surface area (Å²) in [5, 5.41) is 9.26. The number of carbonyl (C=O) groups is 1. The SMILES string of the molecule is Br.CC(Sc1nnc(-c2cccc(Br)c2)n1-c1ccccc1)C(=O)c1ccccc1. The lowest BCUT2D eigenvalue weighted by Gasteiger charge is -2.13. The van der Waals surface area contributed by atoms with Gasteiger partial charge in [0.2, 0.25) is 0 Å². The molecular formula is C23H19Br2N3OS. The summed E-state index contributed by atoms with van der Waals surface area (Å²) in [5.41, 5.74) is 2.60. The average Bonchev–Trinajstić information content (AvgIpc) is 3.18. The molecule has 0 fully saturated rings. The Morgan fingerprint density at radius 2 is 1.60 bits per heavy atom. The van der Waals surface area contributed by atoms with E-state index >= 15 is 0 Å². The molecule has 0 spiro atoms. The Labute approximate surface area is 198 Å². The van der Waals surface area contributed by atoms with Crippen molar-refractivity contribution in [1.82, 2.24) is 14.8 Å². The van der Waals surface area contributed by atoms with E-state index in [1.165, 1.54) is 11.8 Å². The van der Waals surface area contributed by atoms with Crippen molar-refractivity contribution in [2.75, 3.05) is 0 Å². The number of benzene rings is 3. The second-order valence-corrected chi connectivity index (χ2v) is 8.70. The van der Waals surface area contributed by atoms with Crippen molar-refractivity contribution >= 4 is 50.5 Å². The van der Waals surface area contributed by atoms with Gasteiger partial charge in [0.15, 0.2) is 16.8 Å². The minimum atomic E-state index is -0.292. The second-order valence-electron chi connectivity index (χ2n) is 6.48. The summed E-state index contributed by atoms with van der Waals surface area (Å²) in [6.45, 7) is 1.91. The number of thioether (sulfide) groups is 1. The van der Waals surface area contributed by atoms with Crippen LogP contribution in [0.5, 0.6) is 0 Å². The lowest BCUT2D eigenvalue weighted by molar-refractivity contribution is 0.0994. The molecule has 0 N–H and O–H groups in total. The normalized spacial score (nSPS) is 11.5. The van der Waals surface area contributed by atoms with Crippen LogP contribution in [0, 0.1) is 0 Å². The van der Waals surface area contributed by atoms with Gasteiger partial charge in [-0.05, 0) is 31.2 Å². The highest BCUT2D eigenvalue weighted by molar-refractivity contribution is 9.10. The number of ketones is 1. The summed E-state index contributed by atoms with van der Waals surface area (Å²) in [4.78, 5) is 12.8. The van der Waals surface area contributed by atoms with Crippen molar-refractivity contribution in [3.8, 4) is 17.1 Å². The number of Topliss-reactive ketones (excluding diaryl/α,β-unsaturated/α-hetero) is 1. The van der Waals surface area contributed by atoms with Crippen molar-refractivity contribution in [2.45, 2.75) is 17.3 Å². The smallest absolute Gasteiger partial charge is 0.196 e. The van der Waals surface area contributed by atoms with Gasteiger partial charge in [-0.1, -0.05) is 88.4 Å². The Kier molecular flexibility index (Phi) is 7.64. The summed E-state index contributed by atoms with van der Waals surface area (Å²) in [7, 11) is 0. The number of hydrogen-bond donors (Lipinski definition) is 0. The molecule has 30 heavy (non-hydrogen) atoms. The van der Waals surface area contributed by atoms with Crippen LogP contribution < -0.4 is 0 Å². The molecule has 0 bridgehead atoms. The van der Waals surface area contributed by atoms with Crippen LogP contribution in [0.4, 0.5) is 0 Å². The molecule has 1 aromatic heterocycles. The first kappa shape index (κ1) is 22.5. The number of aromatic nitrogens is 3. The number of para-hydroxylation sites is 1. The summed E-state index contributed by atoms with van der Waals surface area (Å²) in [6, 6.07) is 27.3. The van der Waals surface area contributed by atoms with Crippen molar-refractivity contribution in [3.05, 3.63) is 95.0 Å².